The van der Waals surface area contributed by atoms with Crippen molar-refractivity contribution >= 4 is 0 Å². The Morgan fingerprint density at radius 1 is 0.700 bits per heavy atom. The van der Waals surface area contributed by atoms with Crippen LogP contribution in [0, 0.1) is 0 Å². The number of fused-ring (bicyclic) bond motifs is 3. The molecule has 0 unspecified atom stereocenters. The molecular weight excluding hydrogens is 128 g/mol. The van der Waals surface area contributed by atoms with Crippen molar-refractivity contribution in [3.63, 3.8) is 0 Å². The van der Waals surface area contributed by atoms with Gasteiger partial charge in [-0.2, -0.15) is 0 Å². The van der Waals surface area contributed by atoms with E-state index in [4.69, 9.17) is 9.78 Å². The molecule has 2 bridgehead atoms. The molecule has 2 aliphatic rings. The highest BCUT2D eigenvalue weighted by Gasteiger charge is 2.24. The Bertz CT molecular complexity index is 91.8. The van der Waals surface area contributed by atoms with Crippen LogP contribution in [0.2, 0.25) is 0 Å². The molecule has 2 rings (SSSR count). The lowest BCUT2D eigenvalue weighted by Gasteiger charge is -2.09. The normalized spacial score (nSPS) is 40.8. The maximum absolute atomic E-state index is 5.23. The molecule has 2 fully saturated rings. The SMILES string of the molecule is C1CC2CCCC(C1)OO2. The smallest absolute Gasteiger partial charge is 0.0930 e. The number of hydrogen-bond donors (Lipinski definition) is 0. The Hall–Kier alpha value is -0.0800. The van der Waals surface area contributed by atoms with E-state index in [9.17, 15) is 0 Å². The first kappa shape index (κ1) is 6.62. The molecular formula is C8H14O2. The molecule has 2 nitrogen and oxygen atoms in total. The van der Waals surface area contributed by atoms with Gasteiger partial charge in [0.25, 0.3) is 0 Å². The summed E-state index contributed by atoms with van der Waals surface area (Å²) in [5, 5.41) is 0. The molecule has 0 atom stereocenters. The lowest BCUT2D eigenvalue weighted by molar-refractivity contribution is -0.337. The van der Waals surface area contributed by atoms with E-state index in [1.165, 1.54) is 38.5 Å². The van der Waals surface area contributed by atoms with Crippen LogP contribution in [0.4, 0.5) is 0 Å². The minimum atomic E-state index is 0.410. The summed E-state index contributed by atoms with van der Waals surface area (Å²) in [5.41, 5.74) is 0. The third-order valence-electron chi connectivity index (χ3n) is 2.43. The second-order valence-electron chi connectivity index (χ2n) is 3.30. The van der Waals surface area contributed by atoms with Gasteiger partial charge in [-0.15, -0.1) is 0 Å². The summed E-state index contributed by atoms with van der Waals surface area (Å²) in [5.74, 6) is 0. The molecule has 0 aromatic heterocycles. The molecule has 2 heteroatoms. The van der Waals surface area contributed by atoms with Crippen molar-refractivity contribution in [1.82, 2.24) is 0 Å². The van der Waals surface area contributed by atoms with Gasteiger partial charge in [-0.05, 0) is 38.5 Å². The molecule has 0 aromatic carbocycles. The lowest BCUT2D eigenvalue weighted by Crippen LogP contribution is -2.08. The van der Waals surface area contributed by atoms with Gasteiger partial charge in [0.15, 0.2) is 0 Å². The molecule has 0 saturated carbocycles. The van der Waals surface area contributed by atoms with Crippen LogP contribution < -0.4 is 0 Å². The fourth-order valence-electron chi connectivity index (χ4n) is 1.78. The molecule has 0 radical (unpaired) electrons. The van der Waals surface area contributed by atoms with Gasteiger partial charge in [0, 0.05) is 0 Å². The van der Waals surface area contributed by atoms with Crippen LogP contribution in [-0.4, -0.2) is 12.2 Å². The summed E-state index contributed by atoms with van der Waals surface area (Å²) in [6.45, 7) is 0. The summed E-state index contributed by atoms with van der Waals surface area (Å²) in [6, 6.07) is 0. The van der Waals surface area contributed by atoms with Gasteiger partial charge in [-0.1, -0.05) is 0 Å². The molecule has 0 aliphatic carbocycles. The Kier molecular flexibility index (Phi) is 1.91. The fraction of sp³-hybridized carbons (Fsp3) is 1.00. The van der Waals surface area contributed by atoms with E-state index < -0.39 is 0 Å². The van der Waals surface area contributed by atoms with E-state index in [1.54, 1.807) is 0 Å². The summed E-state index contributed by atoms with van der Waals surface area (Å²) in [4.78, 5) is 10.5. The summed E-state index contributed by atoms with van der Waals surface area (Å²) >= 11 is 0. The predicted octanol–water partition coefficient (Wildman–Crippen LogP) is 2.04. The van der Waals surface area contributed by atoms with Crippen LogP contribution in [0.25, 0.3) is 0 Å². The van der Waals surface area contributed by atoms with E-state index in [0.717, 1.165) is 0 Å². The van der Waals surface area contributed by atoms with Crippen LogP contribution >= 0.6 is 0 Å². The largest absolute Gasteiger partial charge is 0.233 e. The third-order valence-corrected chi connectivity index (χ3v) is 2.43. The molecule has 0 aromatic rings. The van der Waals surface area contributed by atoms with Crippen molar-refractivity contribution in [1.29, 1.82) is 0 Å². The molecule has 2 heterocycles. The van der Waals surface area contributed by atoms with Gasteiger partial charge in [0.2, 0.25) is 0 Å². The highest BCUT2D eigenvalue weighted by atomic mass is 17.2. The fourth-order valence-corrected chi connectivity index (χ4v) is 1.78. The quantitative estimate of drug-likeness (QED) is 0.482. The van der Waals surface area contributed by atoms with Crippen LogP contribution in [0.1, 0.15) is 38.5 Å². The molecule has 0 N–H and O–H groups in total. The van der Waals surface area contributed by atoms with E-state index >= 15 is 0 Å². The van der Waals surface area contributed by atoms with Crippen molar-refractivity contribution in [3.05, 3.63) is 0 Å². The van der Waals surface area contributed by atoms with Crippen molar-refractivity contribution < 1.29 is 9.78 Å². The first-order valence-corrected chi connectivity index (χ1v) is 4.27. The minimum absolute atomic E-state index is 0.410. The van der Waals surface area contributed by atoms with Crippen LogP contribution in [0.3, 0.4) is 0 Å². The maximum atomic E-state index is 5.23. The molecule has 10 heavy (non-hydrogen) atoms. The Morgan fingerprint density at radius 3 is 1.50 bits per heavy atom. The average molecular weight is 142 g/mol. The van der Waals surface area contributed by atoms with E-state index in [2.05, 4.69) is 0 Å². The van der Waals surface area contributed by atoms with Gasteiger partial charge in [0.05, 0.1) is 12.2 Å². The standard InChI is InChI=1S/C8H14O2/c1-3-7-5-2-6-8(4-1)10-9-7/h7-8H,1-6H2. The van der Waals surface area contributed by atoms with Crippen LogP contribution in [-0.2, 0) is 9.78 Å². The molecule has 0 spiro atoms. The van der Waals surface area contributed by atoms with Crippen LogP contribution in [0.15, 0.2) is 0 Å². The highest BCUT2D eigenvalue weighted by molar-refractivity contribution is 4.69. The van der Waals surface area contributed by atoms with E-state index in [1.807, 2.05) is 0 Å². The first-order valence-electron chi connectivity index (χ1n) is 4.27. The number of rotatable bonds is 0. The molecule has 58 valence electrons. The van der Waals surface area contributed by atoms with E-state index in [-0.39, 0.29) is 0 Å². The summed E-state index contributed by atoms with van der Waals surface area (Å²) < 4.78 is 0. The van der Waals surface area contributed by atoms with Gasteiger partial charge in [0.1, 0.15) is 0 Å². The molecule has 2 aliphatic heterocycles. The first-order chi connectivity index (χ1) is 4.95. The topological polar surface area (TPSA) is 18.5 Å². The van der Waals surface area contributed by atoms with Gasteiger partial charge in [-0.25, -0.2) is 9.78 Å². The van der Waals surface area contributed by atoms with Crippen molar-refractivity contribution in [2.24, 2.45) is 0 Å². The summed E-state index contributed by atoms with van der Waals surface area (Å²) in [7, 11) is 0. The van der Waals surface area contributed by atoms with Gasteiger partial charge >= 0.3 is 0 Å². The maximum Gasteiger partial charge on any atom is 0.0930 e. The average Bonchev–Trinajstić information content (AvgIpc) is 2.17. The zero-order valence-corrected chi connectivity index (χ0v) is 6.21. The Morgan fingerprint density at radius 2 is 1.10 bits per heavy atom. The van der Waals surface area contributed by atoms with E-state index in [0.29, 0.717) is 12.2 Å². The van der Waals surface area contributed by atoms with Gasteiger partial charge < -0.3 is 0 Å². The number of hydrogen-bond acceptors (Lipinski definition) is 2. The van der Waals surface area contributed by atoms with Crippen molar-refractivity contribution in [2.45, 2.75) is 50.7 Å². The zero-order valence-electron chi connectivity index (χ0n) is 6.21. The monoisotopic (exact) mass is 142 g/mol. The second-order valence-corrected chi connectivity index (χ2v) is 3.30. The Balaban J connectivity index is 2.01. The van der Waals surface area contributed by atoms with Crippen molar-refractivity contribution in [2.75, 3.05) is 0 Å². The third kappa shape index (κ3) is 1.32. The second kappa shape index (κ2) is 2.89. The minimum Gasteiger partial charge on any atom is -0.233 e. The van der Waals surface area contributed by atoms with Gasteiger partial charge in [-0.3, -0.25) is 0 Å². The zero-order chi connectivity index (χ0) is 6.81. The van der Waals surface area contributed by atoms with Crippen LogP contribution in [0.5, 0.6) is 0 Å². The predicted molar refractivity (Wildman–Crippen MR) is 37.4 cm³/mol. The van der Waals surface area contributed by atoms with Crippen molar-refractivity contribution in [3.8, 4) is 0 Å². The molecule has 0 amide bonds. The molecule has 2 saturated heterocycles. The lowest BCUT2D eigenvalue weighted by atomic mass is 9.97. The Labute approximate surface area is 61.4 Å². The highest BCUT2D eigenvalue weighted by Crippen LogP contribution is 2.27. The summed E-state index contributed by atoms with van der Waals surface area (Å²) in [6.07, 6.45) is 8.21.